The van der Waals surface area contributed by atoms with Gasteiger partial charge in [-0.05, 0) is 24.3 Å². The summed E-state index contributed by atoms with van der Waals surface area (Å²) in [6.45, 7) is 0.761. The van der Waals surface area contributed by atoms with Crippen LogP contribution in [0, 0.1) is 0 Å². The van der Waals surface area contributed by atoms with Gasteiger partial charge in [0.15, 0.2) is 0 Å². The zero-order chi connectivity index (χ0) is 21.3. The second-order valence-electron chi connectivity index (χ2n) is 7.21. The molecule has 6 nitrogen and oxygen atoms in total. The van der Waals surface area contributed by atoms with E-state index in [1.165, 1.54) is 11.0 Å². The van der Waals surface area contributed by atoms with Crippen molar-refractivity contribution in [1.29, 1.82) is 0 Å². The van der Waals surface area contributed by atoms with Crippen molar-refractivity contribution in [2.24, 2.45) is 0 Å². The minimum absolute atomic E-state index is 0.0913. The number of ether oxygens (including phenoxy) is 1. The molecule has 2 aromatic carbocycles. The fourth-order valence-corrected chi connectivity index (χ4v) is 3.78. The van der Waals surface area contributed by atoms with Crippen molar-refractivity contribution in [3.8, 4) is 5.75 Å². The van der Waals surface area contributed by atoms with Crippen LogP contribution >= 0.6 is 0 Å². The van der Waals surface area contributed by atoms with E-state index < -0.39 is 11.7 Å². The average molecular weight is 419 g/mol. The van der Waals surface area contributed by atoms with Gasteiger partial charge < -0.3 is 19.9 Å². The van der Waals surface area contributed by atoms with Crippen molar-refractivity contribution in [3.63, 3.8) is 0 Å². The molecule has 0 aliphatic carbocycles. The van der Waals surface area contributed by atoms with Gasteiger partial charge in [-0.15, -0.1) is 0 Å². The van der Waals surface area contributed by atoms with Crippen molar-refractivity contribution in [2.75, 3.05) is 31.6 Å². The van der Waals surface area contributed by atoms with Crippen molar-refractivity contribution < 1.29 is 27.5 Å². The molecule has 1 atom stereocenters. The van der Waals surface area contributed by atoms with E-state index in [2.05, 4.69) is 5.32 Å². The van der Waals surface area contributed by atoms with Gasteiger partial charge >= 0.3 is 12.2 Å². The number of halogens is 3. The molecule has 4 rings (SSSR count). The monoisotopic (exact) mass is 419 g/mol. The third-order valence-corrected chi connectivity index (χ3v) is 5.29. The van der Waals surface area contributed by atoms with Crippen LogP contribution in [0.5, 0.6) is 5.75 Å². The lowest BCUT2D eigenvalue weighted by atomic mass is 9.96. The Bertz CT molecular complexity index is 950. The second kappa shape index (κ2) is 7.89. The number of urea groups is 1. The number of amides is 3. The number of carbonyl (C=O) groups is 2. The Labute approximate surface area is 171 Å². The molecule has 9 heteroatoms. The van der Waals surface area contributed by atoms with Gasteiger partial charge in [0.1, 0.15) is 12.3 Å². The Morgan fingerprint density at radius 2 is 1.87 bits per heavy atom. The van der Waals surface area contributed by atoms with Gasteiger partial charge in [0, 0.05) is 30.8 Å². The van der Waals surface area contributed by atoms with E-state index in [1.807, 2.05) is 6.07 Å². The standard InChI is InChI=1S/C21H20F3N3O3/c22-21(23,24)14-6-7-16-17(8-11-30-18(16)12-14)27-10-9-26(13-19(27)28)20(29)25-15-4-2-1-3-5-15/h1-7,12,17H,8-11,13H2,(H,25,29). The molecule has 2 aliphatic rings. The molecule has 0 spiro atoms. The topological polar surface area (TPSA) is 61.9 Å². The SMILES string of the molecule is O=C(Nc1ccccc1)N1CCN(C2CCOc3cc(C(F)(F)F)ccc32)C(=O)C1. The van der Waals surface area contributed by atoms with Gasteiger partial charge in [-0.25, -0.2) is 4.79 Å². The molecular formula is C21H20F3N3O3. The normalized spacial score (nSPS) is 19.2. The maximum Gasteiger partial charge on any atom is 0.416 e. The maximum absolute atomic E-state index is 13.0. The third-order valence-electron chi connectivity index (χ3n) is 5.29. The van der Waals surface area contributed by atoms with E-state index in [9.17, 15) is 22.8 Å². The zero-order valence-electron chi connectivity index (χ0n) is 16.0. The van der Waals surface area contributed by atoms with E-state index >= 15 is 0 Å². The molecular weight excluding hydrogens is 399 g/mol. The predicted octanol–water partition coefficient (Wildman–Crippen LogP) is 3.91. The van der Waals surface area contributed by atoms with Crippen LogP contribution in [-0.2, 0) is 11.0 Å². The highest BCUT2D eigenvalue weighted by Crippen LogP contribution is 2.40. The van der Waals surface area contributed by atoms with Gasteiger partial charge in [-0.1, -0.05) is 24.3 Å². The number of para-hydroxylation sites is 1. The Morgan fingerprint density at radius 3 is 2.57 bits per heavy atom. The molecule has 0 bridgehead atoms. The highest BCUT2D eigenvalue weighted by Gasteiger charge is 2.37. The van der Waals surface area contributed by atoms with E-state index in [-0.39, 0.29) is 36.9 Å². The first-order valence-corrected chi connectivity index (χ1v) is 9.57. The number of carbonyl (C=O) groups excluding carboxylic acids is 2. The number of alkyl halides is 3. The number of nitrogens with zero attached hydrogens (tertiary/aromatic N) is 2. The first-order valence-electron chi connectivity index (χ1n) is 9.57. The molecule has 2 aliphatic heterocycles. The van der Waals surface area contributed by atoms with Crippen LogP contribution in [0.2, 0.25) is 0 Å². The predicted molar refractivity (Wildman–Crippen MR) is 103 cm³/mol. The number of piperazine rings is 1. The molecule has 2 aromatic rings. The van der Waals surface area contributed by atoms with E-state index in [4.69, 9.17) is 4.74 Å². The highest BCUT2D eigenvalue weighted by atomic mass is 19.4. The van der Waals surface area contributed by atoms with Gasteiger partial charge in [-0.3, -0.25) is 4.79 Å². The van der Waals surface area contributed by atoms with Gasteiger partial charge in [0.2, 0.25) is 5.91 Å². The fourth-order valence-electron chi connectivity index (χ4n) is 3.78. The Morgan fingerprint density at radius 1 is 1.10 bits per heavy atom. The van der Waals surface area contributed by atoms with Gasteiger partial charge in [0.05, 0.1) is 18.2 Å². The molecule has 2 heterocycles. The summed E-state index contributed by atoms with van der Waals surface area (Å²) in [6, 6.07) is 11.6. The van der Waals surface area contributed by atoms with Gasteiger partial charge in [0.25, 0.3) is 0 Å². The lowest BCUT2D eigenvalue weighted by molar-refractivity contribution is -0.139. The van der Waals surface area contributed by atoms with Crippen molar-refractivity contribution >= 4 is 17.6 Å². The van der Waals surface area contributed by atoms with Crippen molar-refractivity contribution in [1.82, 2.24) is 9.80 Å². The minimum Gasteiger partial charge on any atom is -0.493 e. The zero-order valence-corrected chi connectivity index (χ0v) is 16.0. The number of hydrogen-bond acceptors (Lipinski definition) is 3. The lowest BCUT2D eigenvalue weighted by Gasteiger charge is -2.41. The third kappa shape index (κ3) is 4.05. The largest absolute Gasteiger partial charge is 0.493 e. The van der Waals surface area contributed by atoms with Crippen molar-refractivity contribution in [3.05, 3.63) is 59.7 Å². The second-order valence-corrected chi connectivity index (χ2v) is 7.21. The average Bonchev–Trinajstić information content (AvgIpc) is 2.73. The Kier molecular flexibility index (Phi) is 5.27. The summed E-state index contributed by atoms with van der Waals surface area (Å²) in [4.78, 5) is 28.3. The summed E-state index contributed by atoms with van der Waals surface area (Å²) in [5.41, 5.74) is 0.414. The number of benzene rings is 2. The molecule has 158 valence electrons. The summed E-state index contributed by atoms with van der Waals surface area (Å²) in [7, 11) is 0. The first kappa shape index (κ1) is 20.1. The summed E-state index contributed by atoms with van der Waals surface area (Å²) in [5, 5.41) is 2.75. The van der Waals surface area contributed by atoms with Crippen LogP contribution in [0.3, 0.4) is 0 Å². The number of rotatable bonds is 2. The number of anilines is 1. The van der Waals surface area contributed by atoms with Crippen LogP contribution in [-0.4, -0.2) is 48.0 Å². The van der Waals surface area contributed by atoms with E-state index in [1.54, 1.807) is 29.2 Å². The van der Waals surface area contributed by atoms with Crippen LogP contribution < -0.4 is 10.1 Å². The molecule has 0 saturated carbocycles. The van der Waals surface area contributed by atoms with Crippen LogP contribution in [0.1, 0.15) is 23.6 Å². The number of nitrogens with one attached hydrogen (secondary N) is 1. The van der Waals surface area contributed by atoms with Gasteiger partial charge in [-0.2, -0.15) is 13.2 Å². The molecule has 3 amide bonds. The quantitative estimate of drug-likeness (QED) is 0.803. The molecule has 0 aromatic heterocycles. The lowest BCUT2D eigenvalue weighted by Crippen LogP contribution is -2.54. The number of fused-ring (bicyclic) bond motifs is 1. The minimum atomic E-state index is -4.46. The Balaban J connectivity index is 1.46. The van der Waals surface area contributed by atoms with Crippen LogP contribution in [0.15, 0.2) is 48.5 Å². The molecule has 0 radical (unpaired) electrons. The molecule has 1 saturated heterocycles. The van der Waals surface area contributed by atoms with Crippen LogP contribution in [0.25, 0.3) is 0 Å². The maximum atomic E-state index is 13.0. The summed E-state index contributed by atoms with van der Waals surface area (Å²) >= 11 is 0. The molecule has 30 heavy (non-hydrogen) atoms. The highest BCUT2D eigenvalue weighted by molar-refractivity contribution is 5.93. The first-order chi connectivity index (χ1) is 14.3. The molecule has 1 fully saturated rings. The molecule has 1 unspecified atom stereocenters. The summed E-state index contributed by atoms with van der Waals surface area (Å²) < 4.78 is 44.4. The summed E-state index contributed by atoms with van der Waals surface area (Å²) in [6.07, 6.45) is -3.97. The van der Waals surface area contributed by atoms with E-state index in [0.717, 1.165) is 12.1 Å². The van der Waals surface area contributed by atoms with E-state index in [0.29, 0.717) is 30.8 Å². The Hall–Kier alpha value is -3.23. The fraction of sp³-hybridized carbons (Fsp3) is 0.333. The summed E-state index contributed by atoms with van der Waals surface area (Å²) in [5.74, 6) is -0.0969. The van der Waals surface area contributed by atoms with Crippen molar-refractivity contribution in [2.45, 2.75) is 18.6 Å². The smallest absolute Gasteiger partial charge is 0.416 e. The molecule has 1 N–H and O–H groups in total. The number of hydrogen-bond donors (Lipinski definition) is 1. The van der Waals surface area contributed by atoms with Crippen LogP contribution in [0.4, 0.5) is 23.7 Å².